The van der Waals surface area contributed by atoms with Gasteiger partial charge in [-0.15, -0.1) is 0 Å². The van der Waals surface area contributed by atoms with Crippen molar-refractivity contribution < 1.29 is 23.5 Å². The third-order valence-corrected chi connectivity index (χ3v) is 2.47. The van der Waals surface area contributed by atoms with Crippen molar-refractivity contribution in [2.75, 3.05) is 13.7 Å². The number of hydrogen-bond donors (Lipinski definition) is 2. The second-order valence-corrected chi connectivity index (χ2v) is 3.95. The highest BCUT2D eigenvalue weighted by Crippen LogP contribution is 2.18. The molecular formula is C14H14N2O5. The van der Waals surface area contributed by atoms with Crippen LogP contribution in [0.5, 0.6) is 11.5 Å². The molecule has 2 aromatic rings. The number of hydrogen-bond acceptors (Lipinski definition) is 5. The van der Waals surface area contributed by atoms with Gasteiger partial charge in [-0.2, -0.15) is 0 Å². The van der Waals surface area contributed by atoms with Crippen molar-refractivity contribution in [1.29, 1.82) is 0 Å². The van der Waals surface area contributed by atoms with Crippen molar-refractivity contribution in [1.82, 2.24) is 10.9 Å². The number of ether oxygens (including phenoxy) is 2. The highest BCUT2D eigenvalue weighted by molar-refractivity contribution is 5.92. The number of furan rings is 1. The SMILES string of the molecule is COc1cccc(OCC(=O)NNC(=O)c2ccco2)c1. The largest absolute Gasteiger partial charge is 0.497 e. The Bertz CT molecular complexity index is 610. The molecule has 110 valence electrons. The van der Waals surface area contributed by atoms with Gasteiger partial charge >= 0.3 is 5.91 Å². The lowest BCUT2D eigenvalue weighted by Gasteiger charge is -2.08. The zero-order valence-corrected chi connectivity index (χ0v) is 11.3. The molecule has 2 amide bonds. The molecule has 1 aromatic heterocycles. The number of carbonyl (C=O) groups is 2. The van der Waals surface area contributed by atoms with Crippen molar-refractivity contribution in [2.45, 2.75) is 0 Å². The predicted octanol–water partition coefficient (Wildman–Crippen LogP) is 1.13. The number of hydrazine groups is 1. The van der Waals surface area contributed by atoms with Gasteiger partial charge in [0.25, 0.3) is 5.91 Å². The molecule has 1 aromatic carbocycles. The Kier molecular flexibility index (Phi) is 4.81. The fraction of sp³-hybridized carbons (Fsp3) is 0.143. The number of nitrogens with one attached hydrogen (secondary N) is 2. The molecule has 7 nitrogen and oxygen atoms in total. The average Bonchev–Trinajstić information content (AvgIpc) is 3.05. The van der Waals surface area contributed by atoms with E-state index in [2.05, 4.69) is 10.9 Å². The van der Waals surface area contributed by atoms with Crippen LogP contribution >= 0.6 is 0 Å². The van der Waals surface area contributed by atoms with Crippen LogP contribution in [0.1, 0.15) is 10.6 Å². The minimum atomic E-state index is -0.547. The van der Waals surface area contributed by atoms with E-state index >= 15 is 0 Å². The van der Waals surface area contributed by atoms with E-state index in [1.807, 2.05) is 0 Å². The van der Waals surface area contributed by atoms with Crippen molar-refractivity contribution in [3.8, 4) is 11.5 Å². The molecule has 0 aliphatic rings. The molecule has 2 N–H and O–H groups in total. The molecule has 0 bridgehead atoms. The van der Waals surface area contributed by atoms with Crippen LogP contribution < -0.4 is 20.3 Å². The number of amides is 2. The molecule has 0 unspecified atom stereocenters. The van der Waals surface area contributed by atoms with Gasteiger partial charge in [-0.1, -0.05) is 6.07 Å². The van der Waals surface area contributed by atoms with Gasteiger partial charge in [0.1, 0.15) is 11.5 Å². The van der Waals surface area contributed by atoms with E-state index in [4.69, 9.17) is 13.9 Å². The Balaban J connectivity index is 1.75. The maximum atomic E-state index is 11.5. The Morgan fingerprint density at radius 1 is 1.14 bits per heavy atom. The molecule has 0 radical (unpaired) electrons. The topological polar surface area (TPSA) is 89.8 Å². The van der Waals surface area contributed by atoms with E-state index in [1.165, 1.54) is 19.4 Å². The Hall–Kier alpha value is -2.96. The lowest BCUT2D eigenvalue weighted by Crippen LogP contribution is -2.43. The van der Waals surface area contributed by atoms with E-state index in [1.54, 1.807) is 30.3 Å². The molecule has 0 spiro atoms. The highest BCUT2D eigenvalue weighted by Gasteiger charge is 2.09. The first kappa shape index (κ1) is 14.4. The molecule has 0 atom stereocenters. The summed E-state index contributed by atoms with van der Waals surface area (Å²) < 4.78 is 15.2. The third-order valence-electron chi connectivity index (χ3n) is 2.47. The molecule has 2 rings (SSSR count). The monoisotopic (exact) mass is 290 g/mol. The third kappa shape index (κ3) is 4.27. The molecule has 0 aliphatic carbocycles. The minimum Gasteiger partial charge on any atom is -0.497 e. The van der Waals surface area contributed by atoms with Crippen LogP contribution in [0.15, 0.2) is 47.1 Å². The molecule has 0 aliphatic heterocycles. The molecule has 0 saturated carbocycles. The summed E-state index contributed by atoms with van der Waals surface area (Å²) in [5.41, 5.74) is 4.42. The van der Waals surface area contributed by atoms with Gasteiger partial charge < -0.3 is 13.9 Å². The second-order valence-electron chi connectivity index (χ2n) is 3.95. The van der Waals surface area contributed by atoms with E-state index in [0.717, 1.165) is 0 Å². The van der Waals surface area contributed by atoms with Gasteiger partial charge in [0.15, 0.2) is 12.4 Å². The molecule has 1 heterocycles. The van der Waals surface area contributed by atoms with Gasteiger partial charge in [0, 0.05) is 6.07 Å². The molecular weight excluding hydrogens is 276 g/mol. The van der Waals surface area contributed by atoms with Crippen LogP contribution in [0, 0.1) is 0 Å². The summed E-state index contributed by atoms with van der Waals surface area (Å²) in [4.78, 5) is 23.0. The molecule has 7 heteroatoms. The summed E-state index contributed by atoms with van der Waals surface area (Å²) in [6, 6.07) is 9.89. The maximum Gasteiger partial charge on any atom is 0.305 e. The molecule has 0 fully saturated rings. The zero-order chi connectivity index (χ0) is 15.1. The normalized spacial score (nSPS) is 9.76. The van der Waals surface area contributed by atoms with Crippen molar-refractivity contribution >= 4 is 11.8 Å². The number of benzene rings is 1. The van der Waals surface area contributed by atoms with Crippen LogP contribution in [0.4, 0.5) is 0 Å². The summed E-state index contributed by atoms with van der Waals surface area (Å²) in [5.74, 6) is 0.164. The predicted molar refractivity (Wildman–Crippen MR) is 72.8 cm³/mol. The maximum absolute atomic E-state index is 11.5. The Morgan fingerprint density at radius 2 is 1.95 bits per heavy atom. The summed E-state index contributed by atoms with van der Waals surface area (Å²) in [6.45, 7) is -0.244. The van der Waals surface area contributed by atoms with Crippen molar-refractivity contribution in [3.63, 3.8) is 0 Å². The van der Waals surface area contributed by atoms with Gasteiger partial charge in [0.05, 0.1) is 13.4 Å². The first-order chi connectivity index (χ1) is 10.2. The summed E-state index contributed by atoms with van der Waals surface area (Å²) in [7, 11) is 1.54. The fourth-order valence-corrected chi connectivity index (χ4v) is 1.47. The van der Waals surface area contributed by atoms with E-state index in [9.17, 15) is 9.59 Å². The summed E-state index contributed by atoms with van der Waals surface area (Å²) in [6.07, 6.45) is 1.36. The molecule has 0 saturated heterocycles. The van der Waals surface area contributed by atoms with Gasteiger partial charge in [-0.25, -0.2) is 0 Å². The Morgan fingerprint density at radius 3 is 2.67 bits per heavy atom. The number of rotatable bonds is 5. The van der Waals surface area contributed by atoms with Crippen molar-refractivity contribution in [3.05, 3.63) is 48.4 Å². The summed E-state index contributed by atoms with van der Waals surface area (Å²) in [5, 5.41) is 0. The van der Waals surface area contributed by atoms with Gasteiger partial charge in [-0.05, 0) is 24.3 Å². The summed E-state index contributed by atoms with van der Waals surface area (Å²) >= 11 is 0. The van der Waals surface area contributed by atoms with E-state index < -0.39 is 11.8 Å². The van der Waals surface area contributed by atoms with Gasteiger partial charge in [-0.3, -0.25) is 20.4 Å². The van der Waals surface area contributed by atoms with Crippen LogP contribution in [-0.4, -0.2) is 25.5 Å². The standard InChI is InChI=1S/C14H14N2O5/c1-19-10-4-2-5-11(8-10)21-9-13(17)15-16-14(18)12-6-3-7-20-12/h2-8H,9H2,1H3,(H,15,17)(H,16,18). The first-order valence-electron chi connectivity index (χ1n) is 6.08. The highest BCUT2D eigenvalue weighted by atomic mass is 16.5. The van der Waals surface area contributed by atoms with E-state index in [-0.39, 0.29) is 12.4 Å². The smallest absolute Gasteiger partial charge is 0.305 e. The number of methoxy groups -OCH3 is 1. The van der Waals surface area contributed by atoms with Crippen molar-refractivity contribution in [2.24, 2.45) is 0 Å². The lowest BCUT2D eigenvalue weighted by atomic mass is 10.3. The second kappa shape index (κ2) is 6.99. The van der Waals surface area contributed by atoms with Crippen LogP contribution in [0.25, 0.3) is 0 Å². The fourth-order valence-electron chi connectivity index (χ4n) is 1.47. The molecule has 21 heavy (non-hydrogen) atoms. The van der Waals surface area contributed by atoms with Crippen LogP contribution in [-0.2, 0) is 4.79 Å². The zero-order valence-electron chi connectivity index (χ0n) is 11.3. The van der Waals surface area contributed by atoms with Crippen LogP contribution in [0.2, 0.25) is 0 Å². The van der Waals surface area contributed by atoms with E-state index in [0.29, 0.717) is 11.5 Å². The minimum absolute atomic E-state index is 0.101. The Labute approximate surface area is 120 Å². The lowest BCUT2D eigenvalue weighted by molar-refractivity contribution is -0.123. The van der Waals surface area contributed by atoms with Crippen LogP contribution in [0.3, 0.4) is 0 Å². The quantitative estimate of drug-likeness (QED) is 0.806. The average molecular weight is 290 g/mol. The first-order valence-corrected chi connectivity index (χ1v) is 6.08. The van der Waals surface area contributed by atoms with Gasteiger partial charge in [0.2, 0.25) is 0 Å². The number of carbonyl (C=O) groups excluding carboxylic acids is 2.